The highest BCUT2D eigenvalue weighted by Crippen LogP contribution is 2.32. The number of thiophene rings is 1. The van der Waals surface area contributed by atoms with E-state index in [9.17, 15) is 20.2 Å². The summed E-state index contributed by atoms with van der Waals surface area (Å²) in [5.41, 5.74) is 3.57. The second-order valence-electron chi connectivity index (χ2n) is 6.68. The minimum absolute atomic E-state index is 0.0239. The van der Waals surface area contributed by atoms with Crippen molar-refractivity contribution in [3.8, 4) is 6.07 Å². The molecule has 0 aliphatic carbocycles. The van der Waals surface area contributed by atoms with Crippen molar-refractivity contribution in [2.75, 3.05) is 5.32 Å². The summed E-state index contributed by atoms with van der Waals surface area (Å²) in [6.07, 6.45) is 0. The van der Waals surface area contributed by atoms with E-state index in [1.54, 1.807) is 42.8 Å². The van der Waals surface area contributed by atoms with Gasteiger partial charge in [0.25, 0.3) is 5.91 Å². The zero-order valence-electron chi connectivity index (χ0n) is 16.4. The first-order valence-electron chi connectivity index (χ1n) is 8.81. The standard InChI is InChI=1S/C20H19N5O3S/c1-11-14(4)29-20(17(11)9-21)22-19(26)16-7-5-15(6-8-16)10-24-13(3)18(25(27)28)12(2)23-24/h5-8H,10H2,1-4H3,(H,22,26). The molecular weight excluding hydrogens is 390 g/mol. The molecule has 9 heteroatoms. The molecule has 1 amide bonds. The first-order valence-corrected chi connectivity index (χ1v) is 9.63. The molecule has 148 valence electrons. The van der Waals surface area contributed by atoms with Crippen molar-refractivity contribution in [1.29, 1.82) is 5.26 Å². The van der Waals surface area contributed by atoms with E-state index in [4.69, 9.17) is 0 Å². The third-order valence-corrected chi connectivity index (χ3v) is 5.92. The zero-order valence-corrected chi connectivity index (χ0v) is 17.3. The molecule has 0 bridgehead atoms. The van der Waals surface area contributed by atoms with Gasteiger partial charge < -0.3 is 5.32 Å². The Kier molecular flexibility index (Phi) is 5.48. The van der Waals surface area contributed by atoms with Crippen LogP contribution in [-0.4, -0.2) is 20.6 Å². The largest absolute Gasteiger partial charge is 0.312 e. The first kappa shape index (κ1) is 20.2. The van der Waals surface area contributed by atoms with E-state index in [0.29, 0.717) is 34.1 Å². The molecule has 29 heavy (non-hydrogen) atoms. The molecule has 0 aliphatic rings. The van der Waals surface area contributed by atoms with E-state index >= 15 is 0 Å². The number of hydrogen-bond donors (Lipinski definition) is 1. The van der Waals surface area contributed by atoms with Gasteiger partial charge in [0, 0.05) is 10.4 Å². The van der Waals surface area contributed by atoms with Crippen LogP contribution in [0, 0.1) is 49.1 Å². The van der Waals surface area contributed by atoms with Gasteiger partial charge in [0.1, 0.15) is 22.5 Å². The lowest BCUT2D eigenvalue weighted by Gasteiger charge is -2.07. The molecule has 0 spiro atoms. The average molecular weight is 409 g/mol. The molecule has 0 radical (unpaired) electrons. The number of hydrogen-bond acceptors (Lipinski definition) is 6. The van der Waals surface area contributed by atoms with Gasteiger partial charge in [0.15, 0.2) is 0 Å². The number of carbonyl (C=O) groups is 1. The highest BCUT2D eigenvalue weighted by Gasteiger charge is 2.21. The number of nitrogens with one attached hydrogen (secondary N) is 1. The average Bonchev–Trinajstić information content (AvgIpc) is 3.10. The maximum atomic E-state index is 12.5. The van der Waals surface area contributed by atoms with Crippen molar-refractivity contribution in [1.82, 2.24) is 9.78 Å². The van der Waals surface area contributed by atoms with Crippen LogP contribution >= 0.6 is 11.3 Å². The Labute approximate surface area is 171 Å². The molecule has 3 aromatic rings. The fourth-order valence-corrected chi connectivity index (χ4v) is 4.07. The van der Waals surface area contributed by atoms with E-state index in [1.807, 2.05) is 13.8 Å². The van der Waals surface area contributed by atoms with Gasteiger partial charge >= 0.3 is 5.69 Å². The van der Waals surface area contributed by atoms with Gasteiger partial charge in [-0.3, -0.25) is 19.6 Å². The number of amides is 1. The Hall–Kier alpha value is -3.51. The van der Waals surface area contributed by atoms with Crippen molar-refractivity contribution < 1.29 is 9.72 Å². The fourth-order valence-electron chi connectivity index (χ4n) is 3.07. The molecule has 1 aromatic carbocycles. The van der Waals surface area contributed by atoms with E-state index < -0.39 is 4.92 Å². The lowest BCUT2D eigenvalue weighted by atomic mass is 10.1. The molecule has 2 heterocycles. The van der Waals surface area contributed by atoms with Gasteiger partial charge in [-0.15, -0.1) is 11.3 Å². The van der Waals surface area contributed by atoms with Crippen LogP contribution in [0.25, 0.3) is 0 Å². The highest BCUT2D eigenvalue weighted by atomic mass is 32.1. The number of aryl methyl sites for hydroxylation is 2. The van der Waals surface area contributed by atoms with Crippen LogP contribution in [0.1, 0.15) is 43.3 Å². The smallest absolute Gasteiger partial charge is 0.312 e. The number of benzene rings is 1. The number of nitriles is 1. The number of aromatic nitrogens is 2. The summed E-state index contributed by atoms with van der Waals surface area (Å²) in [5, 5.41) is 28.0. The van der Waals surface area contributed by atoms with E-state index in [0.717, 1.165) is 16.0 Å². The number of nitrogens with zero attached hydrogens (tertiary/aromatic N) is 4. The molecule has 0 unspecified atom stereocenters. The van der Waals surface area contributed by atoms with E-state index in [2.05, 4.69) is 16.5 Å². The summed E-state index contributed by atoms with van der Waals surface area (Å²) < 4.78 is 1.58. The second-order valence-corrected chi connectivity index (χ2v) is 7.91. The van der Waals surface area contributed by atoms with Crippen molar-refractivity contribution in [2.45, 2.75) is 34.2 Å². The Morgan fingerprint density at radius 2 is 1.93 bits per heavy atom. The van der Waals surface area contributed by atoms with E-state index in [1.165, 1.54) is 11.3 Å². The third-order valence-electron chi connectivity index (χ3n) is 4.80. The van der Waals surface area contributed by atoms with Crippen LogP contribution in [0.15, 0.2) is 24.3 Å². The third kappa shape index (κ3) is 3.88. The van der Waals surface area contributed by atoms with Crippen molar-refractivity contribution >= 4 is 27.9 Å². The lowest BCUT2D eigenvalue weighted by Crippen LogP contribution is -2.12. The van der Waals surface area contributed by atoms with Crippen LogP contribution in [0.4, 0.5) is 10.7 Å². The normalized spacial score (nSPS) is 10.6. The highest BCUT2D eigenvalue weighted by molar-refractivity contribution is 7.16. The maximum absolute atomic E-state index is 12.5. The first-order chi connectivity index (χ1) is 13.7. The molecule has 0 fully saturated rings. The van der Waals surface area contributed by atoms with Gasteiger partial charge in [0.2, 0.25) is 0 Å². The van der Waals surface area contributed by atoms with Crippen molar-refractivity contribution in [2.24, 2.45) is 0 Å². The molecule has 2 aromatic heterocycles. The quantitative estimate of drug-likeness (QED) is 0.499. The fraction of sp³-hybridized carbons (Fsp3) is 0.250. The second kappa shape index (κ2) is 7.85. The molecule has 0 saturated heterocycles. The van der Waals surface area contributed by atoms with Crippen molar-refractivity contribution in [3.63, 3.8) is 0 Å². The summed E-state index contributed by atoms with van der Waals surface area (Å²) >= 11 is 1.38. The van der Waals surface area contributed by atoms with E-state index in [-0.39, 0.29) is 11.6 Å². The molecule has 0 aliphatic heterocycles. The van der Waals surface area contributed by atoms with Gasteiger partial charge in [-0.25, -0.2) is 0 Å². The van der Waals surface area contributed by atoms with Gasteiger partial charge in [-0.1, -0.05) is 12.1 Å². The molecular formula is C20H19N5O3S. The maximum Gasteiger partial charge on any atom is 0.312 e. The number of rotatable bonds is 5. The summed E-state index contributed by atoms with van der Waals surface area (Å²) in [6, 6.07) is 9.08. The predicted octanol–water partition coefficient (Wildman–Crippen LogP) is 4.26. The SMILES string of the molecule is Cc1nn(Cc2ccc(C(=O)Nc3sc(C)c(C)c3C#N)cc2)c(C)c1[N+](=O)[O-]. The van der Waals surface area contributed by atoms with Crippen LogP contribution in [-0.2, 0) is 6.54 Å². The minimum Gasteiger partial charge on any atom is -0.312 e. The van der Waals surface area contributed by atoms with Gasteiger partial charge in [-0.2, -0.15) is 10.4 Å². The Morgan fingerprint density at radius 1 is 1.28 bits per heavy atom. The zero-order chi connectivity index (χ0) is 21.3. The van der Waals surface area contributed by atoms with Crippen LogP contribution < -0.4 is 5.32 Å². The monoisotopic (exact) mass is 409 g/mol. The summed E-state index contributed by atoms with van der Waals surface area (Å²) in [5.74, 6) is -0.295. The number of anilines is 1. The number of carbonyl (C=O) groups excluding carboxylic acids is 1. The minimum atomic E-state index is -0.425. The Balaban J connectivity index is 1.76. The molecule has 0 atom stereocenters. The van der Waals surface area contributed by atoms with Crippen molar-refractivity contribution in [3.05, 3.63) is 72.9 Å². The molecule has 1 N–H and O–H groups in total. The Bertz CT molecular complexity index is 1150. The summed E-state index contributed by atoms with van der Waals surface area (Å²) in [7, 11) is 0. The lowest BCUT2D eigenvalue weighted by molar-refractivity contribution is -0.386. The number of nitro groups is 1. The van der Waals surface area contributed by atoms with Gasteiger partial charge in [0.05, 0.1) is 17.0 Å². The van der Waals surface area contributed by atoms with Crippen LogP contribution in [0.3, 0.4) is 0 Å². The molecule has 0 saturated carbocycles. The predicted molar refractivity (Wildman–Crippen MR) is 110 cm³/mol. The summed E-state index contributed by atoms with van der Waals surface area (Å²) in [6.45, 7) is 7.41. The van der Waals surface area contributed by atoms with Gasteiger partial charge in [-0.05, 0) is 51.0 Å². The Morgan fingerprint density at radius 3 is 2.48 bits per heavy atom. The summed E-state index contributed by atoms with van der Waals surface area (Å²) in [4.78, 5) is 24.2. The molecule has 3 rings (SSSR count). The topological polar surface area (TPSA) is 114 Å². The van der Waals surface area contributed by atoms with Crippen LogP contribution in [0.2, 0.25) is 0 Å². The molecule has 8 nitrogen and oxygen atoms in total. The van der Waals surface area contributed by atoms with Crippen LogP contribution in [0.5, 0.6) is 0 Å².